The summed E-state index contributed by atoms with van der Waals surface area (Å²) in [6.07, 6.45) is 16.7. The van der Waals surface area contributed by atoms with Crippen LogP contribution in [0.2, 0.25) is 0 Å². The molecular formula is C20H28. The van der Waals surface area contributed by atoms with Crippen molar-refractivity contribution >= 4 is 0 Å². The smallest absolute Gasteiger partial charge is 0.0147 e. The van der Waals surface area contributed by atoms with Crippen molar-refractivity contribution in [3.63, 3.8) is 0 Å². The quantitative estimate of drug-likeness (QED) is 0.635. The Morgan fingerprint density at radius 3 is 1.95 bits per heavy atom. The molecule has 9 rings (SSSR count). The van der Waals surface area contributed by atoms with E-state index in [9.17, 15) is 0 Å². The van der Waals surface area contributed by atoms with Gasteiger partial charge in [-0.3, -0.25) is 0 Å². The number of rotatable bonds is 1. The van der Waals surface area contributed by atoms with Crippen LogP contribution in [0.3, 0.4) is 0 Å². The molecule has 0 aromatic rings. The van der Waals surface area contributed by atoms with Crippen molar-refractivity contribution in [3.8, 4) is 0 Å². The van der Waals surface area contributed by atoms with Crippen LogP contribution >= 0.6 is 0 Å². The van der Waals surface area contributed by atoms with E-state index in [-0.39, 0.29) is 0 Å². The van der Waals surface area contributed by atoms with Gasteiger partial charge in [0.25, 0.3) is 0 Å². The lowest BCUT2D eigenvalue weighted by Gasteiger charge is -2.62. The minimum Gasteiger partial charge on any atom is -0.0475 e. The zero-order chi connectivity index (χ0) is 12.7. The molecule has 2 unspecified atom stereocenters. The molecule has 9 saturated carbocycles. The molecular weight excluding hydrogens is 240 g/mol. The van der Waals surface area contributed by atoms with Crippen LogP contribution in [-0.2, 0) is 0 Å². The summed E-state index contributed by atoms with van der Waals surface area (Å²) in [4.78, 5) is 0. The highest BCUT2D eigenvalue weighted by Crippen LogP contribution is 2.90. The third-order valence-electron chi connectivity index (χ3n) is 10.1. The van der Waals surface area contributed by atoms with E-state index in [1.165, 1.54) is 47.3 Å². The molecule has 0 aromatic carbocycles. The predicted octanol–water partition coefficient (Wildman–Crippen LogP) is 4.89. The summed E-state index contributed by atoms with van der Waals surface area (Å²) in [6, 6.07) is 0. The molecule has 9 aliphatic rings. The van der Waals surface area contributed by atoms with E-state index in [2.05, 4.69) is 0 Å². The summed E-state index contributed by atoms with van der Waals surface area (Å²) >= 11 is 0. The summed E-state index contributed by atoms with van der Waals surface area (Å²) in [5, 5.41) is 0. The highest BCUT2D eigenvalue weighted by Gasteiger charge is 2.84. The molecule has 9 aliphatic carbocycles. The Kier molecular flexibility index (Phi) is 1.55. The fraction of sp³-hybridized carbons (Fsp3) is 1.00. The van der Waals surface area contributed by atoms with Crippen LogP contribution in [0.4, 0.5) is 0 Å². The third-order valence-corrected chi connectivity index (χ3v) is 10.1. The second kappa shape index (κ2) is 2.91. The highest BCUT2D eigenvalue weighted by atomic mass is 14.9. The zero-order valence-corrected chi connectivity index (χ0v) is 12.7. The van der Waals surface area contributed by atoms with Crippen molar-refractivity contribution in [1.82, 2.24) is 0 Å². The monoisotopic (exact) mass is 268 g/mol. The second-order valence-corrected chi connectivity index (χ2v) is 10.5. The molecule has 0 amide bonds. The Balaban J connectivity index is 1.40. The van der Waals surface area contributed by atoms with Gasteiger partial charge in [-0.05, 0) is 122 Å². The number of hydrogen-bond acceptors (Lipinski definition) is 0. The van der Waals surface area contributed by atoms with Crippen LogP contribution in [0.15, 0.2) is 0 Å². The summed E-state index contributed by atoms with van der Waals surface area (Å²) in [7, 11) is 0. The SMILES string of the molecule is C1C2CC3CC1CC(C14C5[C@H]6C[C@H](C[C@@H]1C6)C[C@@H]54)(C2)C3. The van der Waals surface area contributed by atoms with Crippen molar-refractivity contribution < 1.29 is 0 Å². The van der Waals surface area contributed by atoms with E-state index >= 15 is 0 Å². The summed E-state index contributed by atoms with van der Waals surface area (Å²) in [5.74, 6) is 9.63. The van der Waals surface area contributed by atoms with E-state index in [1.54, 1.807) is 64.2 Å². The first kappa shape index (κ1) is 10.7. The minimum absolute atomic E-state index is 0.895. The van der Waals surface area contributed by atoms with E-state index in [1.807, 2.05) is 0 Å². The largest absolute Gasteiger partial charge is 0.0475 e. The Morgan fingerprint density at radius 1 is 0.600 bits per heavy atom. The molecule has 108 valence electrons. The maximum absolute atomic E-state index is 1.70. The Labute approximate surface area is 123 Å². The molecule has 0 radical (unpaired) electrons. The van der Waals surface area contributed by atoms with Crippen molar-refractivity contribution in [2.24, 2.45) is 58.2 Å². The lowest BCUT2D eigenvalue weighted by Crippen LogP contribution is -2.53. The first-order chi connectivity index (χ1) is 9.78. The molecule has 0 saturated heterocycles. The maximum Gasteiger partial charge on any atom is -0.0147 e. The normalized spacial score (nSPS) is 74.4. The highest BCUT2D eigenvalue weighted by molar-refractivity contribution is 5.32. The molecule has 0 aromatic heterocycles. The van der Waals surface area contributed by atoms with Crippen LogP contribution in [0, 0.1) is 58.2 Å². The Hall–Kier alpha value is 0. The van der Waals surface area contributed by atoms with E-state index in [0.717, 1.165) is 10.8 Å². The molecule has 20 heavy (non-hydrogen) atoms. The van der Waals surface area contributed by atoms with Gasteiger partial charge in [0.05, 0.1) is 0 Å². The molecule has 9 fully saturated rings. The molecule has 0 heterocycles. The zero-order valence-electron chi connectivity index (χ0n) is 12.7. The Morgan fingerprint density at radius 2 is 1.30 bits per heavy atom. The minimum atomic E-state index is 0.895. The molecule has 0 N–H and O–H groups in total. The van der Waals surface area contributed by atoms with Gasteiger partial charge >= 0.3 is 0 Å². The molecule has 8 bridgehead atoms. The topological polar surface area (TPSA) is 0 Å². The summed E-state index contributed by atoms with van der Waals surface area (Å²) < 4.78 is 0. The van der Waals surface area contributed by atoms with Crippen molar-refractivity contribution in [1.29, 1.82) is 0 Å². The van der Waals surface area contributed by atoms with Gasteiger partial charge < -0.3 is 0 Å². The van der Waals surface area contributed by atoms with E-state index in [4.69, 9.17) is 0 Å². The van der Waals surface area contributed by atoms with Gasteiger partial charge in [-0.2, -0.15) is 0 Å². The van der Waals surface area contributed by atoms with Crippen molar-refractivity contribution in [3.05, 3.63) is 0 Å². The van der Waals surface area contributed by atoms with E-state index in [0.29, 0.717) is 0 Å². The van der Waals surface area contributed by atoms with Crippen LogP contribution in [-0.4, -0.2) is 0 Å². The maximum atomic E-state index is 1.70. The van der Waals surface area contributed by atoms with Crippen molar-refractivity contribution in [2.75, 3.05) is 0 Å². The molecule has 0 spiro atoms. The summed E-state index contributed by atoms with van der Waals surface area (Å²) in [5.41, 5.74) is 1.84. The molecule has 0 aliphatic heterocycles. The van der Waals surface area contributed by atoms with Gasteiger partial charge in [0.1, 0.15) is 0 Å². The van der Waals surface area contributed by atoms with Gasteiger partial charge in [-0.15, -0.1) is 0 Å². The molecule has 6 atom stereocenters. The Bertz CT molecular complexity index is 465. The van der Waals surface area contributed by atoms with Gasteiger partial charge in [0.2, 0.25) is 0 Å². The lowest BCUT2D eigenvalue weighted by atomic mass is 9.42. The second-order valence-electron chi connectivity index (χ2n) is 10.5. The van der Waals surface area contributed by atoms with Crippen LogP contribution in [0.1, 0.15) is 64.2 Å². The third kappa shape index (κ3) is 0.901. The predicted molar refractivity (Wildman–Crippen MR) is 79.0 cm³/mol. The van der Waals surface area contributed by atoms with E-state index < -0.39 is 0 Å². The van der Waals surface area contributed by atoms with Crippen LogP contribution < -0.4 is 0 Å². The number of hydrogen-bond donors (Lipinski definition) is 0. The summed E-state index contributed by atoms with van der Waals surface area (Å²) in [6.45, 7) is 0. The lowest BCUT2D eigenvalue weighted by molar-refractivity contribution is -0.127. The van der Waals surface area contributed by atoms with Gasteiger partial charge in [-0.1, -0.05) is 0 Å². The van der Waals surface area contributed by atoms with Crippen molar-refractivity contribution in [2.45, 2.75) is 64.2 Å². The van der Waals surface area contributed by atoms with Gasteiger partial charge in [0.15, 0.2) is 0 Å². The molecule has 0 heteroatoms. The molecule has 0 nitrogen and oxygen atoms in total. The average molecular weight is 268 g/mol. The fourth-order valence-electron chi connectivity index (χ4n) is 10.7. The standard InChI is InChI=1S/C20H28/c1-12-2-14-3-13(1)9-19(8-12,10-14)20-16-5-11-4-15(7-16)18(20)17(20)6-11/h11-18H,1-10H2/t11-,12?,13?,14?,15+,16-,17+,18?,19?,20?/m1/s1. The van der Waals surface area contributed by atoms with Gasteiger partial charge in [-0.25, -0.2) is 0 Å². The first-order valence-electron chi connectivity index (χ1n) is 9.78. The van der Waals surface area contributed by atoms with Crippen LogP contribution in [0.5, 0.6) is 0 Å². The van der Waals surface area contributed by atoms with Gasteiger partial charge in [0, 0.05) is 0 Å². The fourth-order valence-corrected chi connectivity index (χ4v) is 10.7. The first-order valence-corrected chi connectivity index (χ1v) is 9.78. The average Bonchev–Trinajstić information content (AvgIpc) is 3.01. The van der Waals surface area contributed by atoms with Crippen LogP contribution in [0.25, 0.3) is 0 Å².